The molecule has 9 heteroatoms. The van der Waals surface area contributed by atoms with Gasteiger partial charge in [-0.25, -0.2) is 4.98 Å². The van der Waals surface area contributed by atoms with Crippen LogP contribution in [0.2, 0.25) is 0 Å². The van der Waals surface area contributed by atoms with Crippen LogP contribution in [0.1, 0.15) is 33.3 Å². The van der Waals surface area contributed by atoms with Gasteiger partial charge in [-0.2, -0.15) is 0 Å². The van der Waals surface area contributed by atoms with E-state index in [9.17, 15) is 19.8 Å². The van der Waals surface area contributed by atoms with Gasteiger partial charge in [0, 0.05) is 5.39 Å². The van der Waals surface area contributed by atoms with Crippen molar-refractivity contribution in [3.05, 3.63) is 94.4 Å². The number of methoxy groups -OCH3 is 1. The number of furan rings is 1. The van der Waals surface area contributed by atoms with Gasteiger partial charge in [0.1, 0.15) is 5.58 Å². The summed E-state index contributed by atoms with van der Waals surface area (Å²) in [6.45, 7) is 3.93. The molecule has 5 aromatic rings. The number of carbonyl (C=O) groups is 2. The van der Waals surface area contributed by atoms with Gasteiger partial charge in [-0.05, 0) is 60.9 Å². The third-order valence-corrected chi connectivity index (χ3v) is 7.65. The molecule has 2 N–H and O–H groups in total. The van der Waals surface area contributed by atoms with Gasteiger partial charge in [0.2, 0.25) is 5.78 Å². The Balaban J connectivity index is 1.54. The van der Waals surface area contributed by atoms with Crippen molar-refractivity contribution in [2.45, 2.75) is 19.9 Å². The lowest BCUT2D eigenvalue weighted by Gasteiger charge is -2.24. The van der Waals surface area contributed by atoms with Crippen LogP contribution < -0.4 is 9.64 Å². The quantitative estimate of drug-likeness (QED) is 0.264. The predicted molar refractivity (Wildman–Crippen MR) is 144 cm³/mol. The van der Waals surface area contributed by atoms with Gasteiger partial charge >= 0.3 is 0 Å². The summed E-state index contributed by atoms with van der Waals surface area (Å²) in [5, 5.41) is 22.3. The summed E-state index contributed by atoms with van der Waals surface area (Å²) < 4.78 is 12.0. The molecule has 190 valence electrons. The first-order valence-corrected chi connectivity index (χ1v) is 12.6. The van der Waals surface area contributed by atoms with Crippen LogP contribution in [-0.2, 0) is 4.79 Å². The van der Waals surface area contributed by atoms with Gasteiger partial charge in [0.05, 0.1) is 28.9 Å². The molecule has 0 saturated carbocycles. The maximum Gasteiger partial charge on any atom is 0.296 e. The average molecular weight is 527 g/mol. The molecule has 0 spiro atoms. The van der Waals surface area contributed by atoms with Crippen molar-refractivity contribution in [2.75, 3.05) is 12.0 Å². The van der Waals surface area contributed by atoms with Crippen LogP contribution in [0.5, 0.6) is 11.5 Å². The van der Waals surface area contributed by atoms with E-state index in [1.54, 1.807) is 24.3 Å². The van der Waals surface area contributed by atoms with Crippen molar-refractivity contribution in [2.24, 2.45) is 0 Å². The third kappa shape index (κ3) is 3.62. The highest BCUT2D eigenvalue weighted by Crippen LogP contribution is 2.46. The number of amides is 1. The lowest BCUT2D eigenvalue weighted by atomic mass is 9.95. The smallest absolute Gasteiger partial charge is 0.296 e. The zero-order chi connectivity index (χ0) is 26.7. The Morgan fingerprint density at radius 2 is 1.87 bits per heavy atom. The number of anilines is 1. The lowest BCUT2D eigenvalue weighted by Crippen LogP contribution is -2.31. The number of aliphatic hydroxyl groups excluding tert-OH is 1. The maximum absolute atomic E-state index is 13.8. The summed E-state index contributed by atoms with van der Waals surface area (Å²) in [6, 6.07) is 16.2. The molecule has 0 fully saturated rings. The minimum atomic E-state index is -1.04. The van der Waals surface area contributed by atoms with E-state index < -0.39 is 23.5 Å². The van der Waals surface area contributed by atoms with Crippen molar-refractivity contribution in [3.63, 3.8) is 0 Å². The highest BCUT2D eigenvalue weighted by atomic mass is 32.1. The fourth-order valence-corrected chi connectivity index (χ4v) is 6.07. The van der Waals surface area contributed by atoms with Gasteiger partial charge in [0.15, 0.2) is 28.1 Å². The molecule has 1 amide bonds. The number of ketones is 1. The highest BCUT2D eigenvalue weighted by Gasteiger charge is 2.47. The van der Waals surface area contributed by atoms with E-state index in [1.165, 1.54) is 35.5 Å². The summed E-state index contributed by atoms with van der Waals surface area (Å²) in [5.74, 6) is -2.01. The topological polar surface area (TPSA) is 113 Å². The Morgan fingerprint density at radius 3 is 2.63 bits per heavy atom. The number of thiazole rings is 1. The van der Waals surface area contributed by atoms with Crippen LogP contribution in [0.3, 0.4) is 0 Å². The van der Waals surface area contributed by atoms with E-state index in [-0.39, 0.29) is 22.8 Å². The number of nitrogens with zero attached hydrogens (tertiary/aromatic N) is 2. The van der Waals surface area contributed by atoms with Crippen molar-refractivity contribution in [1.82, 2.24) is 4.98 Å². The number of hydrogen-bond donors (Lipinski definition) is 2. The van der Waals surface area contributed by atoms with Gasteiger partial charge < -0.3 is 19.4 Å². The Kier molecular flexibility index (Phi) is 5.46. The monoisotopic (exact) mass is 526 g/mol. The molecule has 1 aliphatic rings. The summed E-state index contributed by atoms with van der Waals surface area (Å²) in [4.78, 5) is 33.5. The summed E-state index contributed by atoms with van der Waals surface area (Å²) in [6.07, 6.45) is 0. The van der Waals surface area contributed by atoms with E-state index in [2.05, 4.69) is 0 Å². The van der Waals surface area contributed by atoms with E-state index in [4.69, 9.17) is 14.1 Å². The number of carbonyl (C=O) groups excluding carboxylic acids is 2. The minimum absolute atomic E-state index is 0.00564. The molecule has 0 radical (unpaired) electrons. The first kappa shape index (κ1) is 23.7. The maximum atomic E-state index is 13.8. The molecule has 0 aliphatic carbocycles. The van der Waals surface area contributed by atoms with Crippen LogP contribution in [0.25, 0.3) is 21.2 Å². The Labute approximate surface area is 221 Å². The van der Waals surface area contributed by atoms with E-state index in [1.807, 2.05) is 38.1 Å². The molecule has 1 unspecified atom stereocenters. The molecule has 6 rings (SSSR count). The van der Waals surface area contributed by atoms with E-state index in [0.717, 1.165) is 26.7 Å². The zero-order valence-corrected chi connectivity index (χ0v) is 21.5. The number of hydrogen-bond acceptors (Lipinski definition) is 8. The normalized spacial score (nSPS) is 15.7. The number of aromatic hydroxyl groups is 1. The Bertz CT molecular complexity index is 1780. The number of aryl methyl sites for hydroxylation is 2. The first-order valence-electron chi connectivity index (χ1n) is 11.8. The molecule has 0 saturated heterocycles. The van der Waals surface area contributed by atoms with Crippen LogP contribution in [0.4, 0.5) is 5.13 Å². The molecule has 38 heavy (non-hydrogen) atoms. The van der Waals surface area contributed by atoms with Gasteiger partial charge in [-0.3, -0.25) is 14.5 Å². The largest absolute Gasteiger partial charge is 0.504 e. The second-order valence-electron chi connectivity index (χ2n) is 9.17. The minimum Gasteiger partial charge on any atom is -0.504 e. The highest BCUT2D eigenvalue weighted by molar-refractivity contribution is 7.22. The number of aromatic nitrogens is 1. The first-order chi connectivity index (χ1) is 18.3. The number of rotatable bonds is 5. The number of fused-ring (bicyclic) bond motifs is 2. The van der Waals surface area contributed by atoms with Crippen LogP contribution in [0, 0.1) is 13.8 Å². The van der Waals surface area contributed by atoms with Crippen molar-refractivity contribution in [3.8, 4) is 11.5 Å². The Morgan fingerprint density at radius 1 is 1.08 bits per heavy atom. The third-order valence-electron chi connectivity index (χ3n) is 6.65. The molecule has 8 nitrogen and oxygen atoms in total. The number of benzene rings is 3. The molecule has 1 atom stereocenters. The number of aliphatic hydroxyl groups is 1. The number of ether oxygens (including phenoxy) is 1. The van der Waals surface area contributed by atoms with Gasteiger partial charge in [-0.15, -0.1) is 0 Å². The van der Waals surface area contributed by atoms with Crippen LogP contribution in [-0.4, -0.2) is 34.0 Å². The number of para-hydroxylation sites is 1. The van der Waals surface area contributed by atoms with Gasteiger partial charge in [-0.1, -0.05) is 41.7 Å². The van der Waals surface area contributed by atoms with Crippen molar-refractivity contribution < 1.29 is 29.0 Å². The number of phenolic OH excluding ortho intramolecular Hbond substituents is 1. The SMILES string of the molecule is COc1cc(C2C(C(=O)c3cc4ccccc4o3)=C(O)C(=O)N2c2nc3c(C)cc(C)cc3s2)ccc1O. The Hall–Kier alpha value is -4.63. The number of Topliss-reactive ketones (excluding diaryl/α,β-unsaturated/α-hetero) is 1. The molecular formula is C29H22N2O6S. The molecular weight excluding hydrogens is 504 g/mol. The molecule has 1 aliphatic heterocycles. The molecule has 2 aromatic heterocycles. The summed E-state index contributed by atoms with van der Waals surface area (Å²) >= 11 is 1.29. The summed E-state index contributed by atoms with van der Waals surface area (Å²) in [5.41, 5.74) is 3.56. The standard InChI is InChI=1S/C29H22N2O6S/c1-14-10-15(2)24-22(11-14)38-29(30-24)31-25(17-8-9-18(32)20(13-17)36-3)23(27(34)28(31)35)26(33)21-12-16-6-4-5-7-19(16)37-21/h4-13,25,32,34H,1-3H3. The molecule has 0 bridgehead atoms. The fraction of sp³-hybridized carbons (Fsp3) is 0.138. The second kappa shape index (κ2) is 8.74. The number of phenols is 1. The lowest BCUT2D eigenvalue weighted by molar-refractivity contribution is -0.117. The van der Waals surface area contributed by atoms with Gasteiger partial charge in [0.25, 0.3) is 5.91 Å². The van der Waals surface area contributed by atoms with E-state index >= 15 is 0 Å². The van der Waals surface area contributed by atoms with Crippen molar-refractivity contribution >= 4 is 49.3 Å². The predicted octanol–water partition coefficient (Wildman–Crippen LogP) is 6.16. The molecule has 3 aromatic carbocycles. The van der Waals surface area contributed by atoms with Crippen LogP contribution in [0.15, 0.2) is 76.4 Å². The molecule has 3 heterocycles. The van der Waals surface area contributed by atoms with E-state index in [0.29, 0.717) is 16.3 Å². The summed E-state index contributed by atoms with van der Waals surface area (Å²) in [7, 11) is 1.41. The van der Waals surface area contributed by atoms with Crippen molar-refractivity contribution in [1.29, 1.82) is 0 Å². The van der Waals surface area contributed by atoms with Crippen LogP contribution >= 0.6 is 11.3 Å². The fourth-order valence-electron chi connectivity index (χ4n) is 4.90. The average Bonchev–Trinajstić information content (AvgIpc) is 3.58. The second-order valence-corrected chi connectivity index (χ2v) is 10.2. The zero-order valence-electron chi connectivity index (χ0n) is 20.7.